The fraction of sp³-hybridized carbons (Fsp3) is 0.750. The molecule has 6 rings (SSSR count). The van der Waals surface area contributed by atoms with Crippen LogP contribution < -0.4 is 10.9 Å². The van der Waals surface area contributed by atoms with E-state index in [-0.39, 0.29) is 23.1 Å². The van der Waals surface area contributed by atoms with Crippen LogP contribution >= 0.6 is 0 Å². The molecule has 1 heterocycles. The Morgan fingerprint density at radius 2 is 1.81 bits per heavy atom. The van der Waals surface area contributed by atoms with Crippen molar-refractivity contribution >= 4 is 11.8 Å². The largest absolute Gasteiger partial charge is 0.282 e. The van der Waals surface area contributed by atoms with Gasteiger partial charge < -0.3 is 0 Å². The predicted molar refractivity (Wildman–Crippen MR) is 95.6 cm³/mol. The van der Waals surface area contributed by atoms with Crippen molar-refractivity contribution in [1.29, 1.82) is 0 Å². The molecule has 0 aromatic carbocycles. The number of amides is 2. The van der Waals surface area contributed by atoms with Crippen molar-refractivity contribution in [1.82, 2.24) is 21.0 Å². The van der Waals surface area contributed by atoms with E-state index in [2.05, 4.69) is 21.0 Å². The number of nitrogens with one attached hydrogen (secondary N) is 3. The number of aryl methyl sites for hydroxylation is 1. The first-order valence-electron chi connectivity index (χ1n) is 10.2. The lowest BCUT2D eigenvalue weighted by Crippen LogP contribution is -2.51. The molecule has 4 fully saturated rings. The standard InChI is InChI=1S/C20H28N4O2/c25-18(10-20-7-12-3-13(8-20)5-14(4-12)9-20)23-24-19(26)15-1-2-16-11-21-22-17(16)6-15/h11-15H,1-10H2,(H,21,22)(H,23,25)(H,24,26). The van der Waals surface area contributed by atoms with Gasteiger partial charge in [0.2, 0.25) is 11.8 Å². The van der Waals surface area contributed by atoms with Gasteiger partial charge in [0.1, 0.15) is 0 Å². The monoisotopic (exact) mass is 356 g/mol. The highest BCUT2D eigenvalue weighted by Gasteiger charge is 2.51. The van der Waals surface area contributed by atoms with Gasteiger partial charge in [-0.25, -0.2) is 0 Å². The zero-order chi connectivity index (χ0) is 17.7. The molecule has 6 nitrogen and oxygen atoms in total. The number of hydrogen-bond acceptors (Lipinski definition) is 3. The molecule has 0 radical (unpaired) electrons. The van der Waals surface area contributed by atoms with Gasteiger partial charge in [0.25, 0.3) is 0 Å². The summed E-state index contributed by atoms with van der Waals surface area (Å²) in [5.74, 6) is 2.34. The second kappa shape index (κ2) is 6.10. The fourth-order valence-electron chi connectivity index (χ4n) is 6.76. The van der Waals surface area contributed by atoms with Crippen molar-refractivity contribution in [3.63, 3.8) is 0 Å². The summed E-state index contributed by atoms with van der Waals surface area (Å²) in [6.07, 6.45) is 12.6. The number of aromatic nitrogens is 2. The van der Waals surface area contributed by atoms with E-state index in [0.29, 0.717) is 12.8 Å². The van der Waals surface area contributed by atoms with E-state index in [4.69, 9.17) is 0 Å². The van der Waals surface area contributed by atoms with Crippen molar-refractivity contribution in [3.05, 3.63) is 17.5 Å². The molecule has 0 saturated heterocycles. The third-order valence-corrected chi connectivity index (χ3v) is 7.42. The highest BCUT2D eigenvalue weighted by molar-refractivity contribution is 5.84. The van der Waals surface area contributed by atoms with Crippen LogP contribution in [0.3, 0.4) is 0 Å². The molecule has 6 heteroatoms. The van der Waals surface area contributed by atoms with Crippen LogP contribution in [0.25, 0.3) is 0 Å². The zero-order valence-electron chi connectivity index (χ0n) is 15.2. The Morgan fingerprint density at radius 1 is 1.12 bits per heavy atom. The zero-order valence-corrected chi connectivity index (χ0v) is 15.2. The van der Waals surface area contributed by atoms with Crippen LogP contribution in [-0.2, 0) is 22.4 Å². The number of hydrazine groups is 1. The topological polar surface area (TPSA) is 86.9 Å². The molecule has 1 atom stereocenters. The number of H-pyrrole nitrogens is 1. The third kappa shape index (κ3) is 2.93. The maximum atomic E-state index is 12.5. The Morgan fingerprint density at radius 3 is 2.50 bits per heavy atom. The van der Waals surface area contributed by atoms with Crippen LogP contribution in [0, 0.1) is 29.1 Å². The molecular formula is C20H28N4O2. The molecule has 3 N–H and O–H groups in total. The highest BCUT2D eigenvalue weighted by Crippen LogP contribution is 2.61. The van der Waals surface area contributed by atoms with Gasteiger partial charge in [-0.2, -0.15) is 5.10 Å². The molecule has 4 saturated carbocycles. The fourth-order valence-corrected chi connectivity index (χ4v) is 6.76. The molecule has 1 unspecified atom stereocenters. The van der Waals surface area contributed by atoms with Crippen LogP contribution in [0.1, 0.15) is 62.6 Å². The van der Waals surface area contributed by atoms with Crippen molar-refractivity contribution in [2.45, 2.75) is 64.2 Å². The second-order valence-electron chi connectivity index (χ2n) is 9.45. The maximum Gasteiger partial charge on any atom is 0.241 e. The number of hydrogen-bond donors (Lipinski definition) is 3. The summed E-state index contributed by atoms with van der Waals surface area (Å²) in [6, 6.07) is 0. The summed E-state index contributed by atoms with van der Waals surface area (Å²) in [5, 5.41) is 7.02. The maximum absolute atomic E-state index is 12.5. The molecule has 0 spiro atoms. The van der Waals surface area contributed by atoms with Gasteiger partial charge >= 0.3 is 0 Å². The highest BCUT2D eigenvalue weighted by atomic mass is 16.2. The van der Waals surface area contributed by atoms with E-state index in [9.17, 15) is 9.59 Å². The lowest BCUT2D eigenvalue weighted by molar-refractivity contribution is -0.135. The molecule has 1 aromatic heterocycles. The first-order valence-corrected chi connectivity index (χ1v) is 10.2. The van der Waals surface area contributed by atoms with Crippen LogP contribution in [0.2, 0.25) is 0 Å². The Hall–Kier alpha value is -1.85. The summed E-state index contributed by atoms with van der Waals surface area (Å²) in [7, 11) is 0. The lowest BCUT2D eigenvalue weighted by Gasteiger charge is -2.56. The minimum atomic E-state index is -0.0946. The van der Waals surface area contributed by atoms with E-state index in [1.54, 1.807) is 0 Å². The summed E-state index contributed by atoms with van der Waals surface area (Å²) >= 11 is 0. The van der Waals surface area contributed by atoms with E-state index >= 15 is 0 Å². The van der Waals surface area contributed by atoms with Crippen LogP contribution in [0.15, 0.2) is 6.20 Å². The van der Waals surface area contributed by atoms with Gasteiger partial charge in [0, 0.05) is 24.5 Å². The molecule has 5 aliphatic rings. The minimum absolute atomic E-state index is 0.0154. The molecule has 140 valence electrons. The van der Waals surface area contributed by atoms with Gasteiger partial charge in [-0.15, -0.1) is 0 Å². The third-order valence-electron chi connectivity index (χ3n) is 7.42. The summed E-state index contributed by atoms with van der Waals surface area (Å²) < 4.78 is 0. The minimum Gasteiger partial charge on any atom is -0.282 e. The van der Waals surface area contributed by atoms with Crippen molar-refractivity contribution in [3.8, 4) is 0 Å². The van der Waals surface area contributed by atoms with Crippen LogP contribution in [-0.4, -0.2) is 22.0 Å². The first-order chi connectivity index (χ1) is 12.6. The SMILES string of the molecule is O=C(CC12CC3CC(CC(C3)C1)C2)NNC(=O)C1CCc2cn[nH]c2C1. The Bertz CT molecular complexity index is 690. The Labute approximate surface area is 153 Å². The number of nitrogens with zero attached hydrogens (tertiary/aromatic N) is 1. The van der Waals surface area contributed by atoms with Crippen LogP contribution in [0.4, 0.5) is 0 Å². The van der Waals surface area contributed by atoms with Gasteiger partial charge in [0.05, 0.1) is 6.20 Å². The number of rotatable bonds is 3. The van der Waals surface area contributed by atoms with E-state index in [0.717, 1.165) is 36.3 Å². The van der Waals surface area contributed by atoms with Gasteiger partial charge in [-0.3, -0.25) is 25.5 Å². The smallest absolute Gasteiger partial charge is 0.241 e. The number of carbonyl (C=O) groups excluding carboxylic acids is 2. The normalized spacial score (nSPS) is 37.2. The van der Waals surface area contributed by atoms with Gasteiger partial charge in [0.15, 0.2) is 0 Å². The summed E-state index contributed by atoms with van der Waals surface area (Å²) in [4.78, 5) is 25.0. The number of fused-ring (bicyclic) bond motifs is 1. The van der Waals surface area contributed by atoms with Gasteiger partial charge in [-0.05, 0) is 80.1 Å². The molecule has 4 bridgehead atoms. The second-order valence-corrected chi connectivity index (χ2v) is 9.45. The Balaban J connectivity index is 1.14. The average molecular weight is 356 g/mol. The lowest BCUT2D eigenvalue weighted by atomic mass is 9.49. The average Bonchev–Trinajstić information content (AvgIpc) is 3.05. The van der Waals surface area contributed by atoms with Crippen molar-refractivity contribution in [2.75, 3.05) is 0 Å². The van der Waals surface area contributed by atoms with Gasteiger partial charge in [-0.1, -0.05) is 0 Å². The Kier molecular flexibility index (Phi) is 3.83. The number of aromatic amines is 1. The van der Waals surface area contributed by atoms with E-state index in [1.165, 1.54) is 44.1 Å². The predicted octanol–water partition coefficient (Wildman–Crippen LogP) is 2.27. The molecular weight excluding hydrogens is 328 g/mol. The van der Waals surface area contributed by atoms with E-state index in [1.807, 2.05) is 6.20 Å². The molecule has 0 aliphatic heterocycles. The first kappa shape index (κ1) is 16.3. The molecule has 5 aliphatic carbocycles. The van der Waals surface area contributed by atoms with Crippen molar-refractivity contribution in [2.24, 2.45) is 29.1 Å². The quantitative estimate of drug-likeness (QED) is 0.726. The molecule has 2 amide bonds. The summed E-state index contributed by atoms with van der Waals surface area (Å²) in [5.41, 5.74) is 7.86. The van der Waals surface area contributed by atoms with Crippen LogP contribution in [0.5, 0.6) is 0 Å². The van der Waals surface area contributed by atoms with Crippen molar-refractivity contribution < 1.29 is 9.59 Å². The molecule has 26 heavy (non-hydrogen) atoms. The summed E-state index contributed by atoms with van der Waals surface area (Å²) in [6.45, 7) is 0. The van der Waals surface area contributed by atoms with E-state index < -0.39 is 0 Å². The molecule has 1 aromatic rings. The number of carbonyl (C=O) groups is 2.